The van der Waals surface area contributed by atoms with Crippen LogP contribution in [0.2, 0.25) is 13.1 Å². The second-order valence-corrected chi connectivity index (χ2v) is 12.7. The first-order chi connectivity index (χ1) is 12.5. The number of nitrogens with zero attached hydrogens (tertiary/aromatic N) is 2. The predicted octanol–water partition coefficient (Wildman–Crippen LogP) is 4.78. The molecule has 0 spiro atoms. The van der Waals surface area contributed by atoms with E-state index in [9.17, 15) is 0 Å². The topological polar surface area (TPSA) is 25.8 Å². The monoisotopic (exact) mass is 372 g/mol. The Morgan fingerprint density at radius 1 is 0.731 bits per heavy atom. The summed E-state index contributed by atoms with van der Waals surface area (Å²) in [5.74, 6) is 0. The van der Waals surface area contributed by atoms with Gasteiger partial charge in [-0.15, -0.1) is 0 Å². The van der Waals surface area contributed by atoms with Crippen LogP contribution in [0, 0.1) is 13.8 Å². The molecule has 0 atom stereocenters. The molecule has 0 saturated carbocycles. The minimum Gasteiger partial charge on any atom is -0.173 e. The summed E-state index contributed by atoms with van der Waals surface area (Å²) < 4.78 is 9.07. The molecular formula is C22H20N2SSi. The van der Waals surface area contributed by atoms with Gasteiger partial charge >= 0.3 is 0 Å². The van der Waals surface area contributed by atoms with Crippen LogP contribution in [0.3, 0.4) is 0 Å². The van der Waals surface area contributed by atoms with Gasteiger partial charge in [-0.1, -0.05) is 67.2 Å². The summed E-state index contributed by atoms with van der Waals surface area (Å²) in [4.78, 5) is 0. The summed E-state index contributed by atoms with van der Waals surface area (Å²) in [6.07, 6.45) is 0. The van der Waals surface area contributed by atoms with Crippen molar-refractivity contribution in [1.29, 1.82) is 0 Å². The Hall–Kier alpha value is -2.30. The number of fused-ring (bicyclic) bond motifs is 4. The summed E-state index contributed by atoms with van der Waals surface area (Å²) in [6.45, 7) is 9.23. The van der Waals surface area contributed by atoms with Crippen molar-refractivity contribution in [3.63, 3.8) is 0 Å². The van der Waals surface area contributed by atoms with Gasteiger partial charge in [0.25, 0.3) is 0 Å². The molecule has 0 amide bonds. The molecule has 4 heteroatoms. The lowest BCUT2D eigenvalue weighted by Crippen LogP contribution is -2.49. The highest BCUT2D eigenvalue weighted by Crippen LogP contribution is 2.34. The zero-order valence-electron chi connectivity index (χ0n) is 15.4. The molecule has 0 bridgehead atoms. The third-order valence-corrected chi connectivity index (χ3v) is 9.81. The second-order valence-electron chi connectivity index (χ2n) is 7.83. The fourth-order valence-corrected chi connectivity index (χ4v) is 8.04. The van der Waals surface area contributed by atoms with E-state index in [2.05, 4.69) is 84.2 Å². The van der Waals surface area contributed by atoms with Crippen LogP contribution in [-0.2, 0) is 0 Å². The van der Waals surface area contributed by atoms with E-state index in [0.29, 0.717) is 0 Å². The maximum Gasteiger partial charge on any atom is 0.113 e. The highest BCUT2D eigenvalue weighted by atomic mass is 32.1. The van der Waals surface area contributed by atoms with Crippen LogP contribution in [0.4, 0.5) is 0 Å². The van der Waals surface area contributed by atoms with Crippen LogP contribution in [0.5, 0.6) is 0 Å². The fourth-order valence-electron chi connectivity index (χ4n) is 4.24. The van der Waals surface area contributed by atoms with Gasteiger partial charge in [0.05, 0.1) is 11.7 Å². The summed E-state index contributed by atoms with van der Waals surface area (Å²) >= 11 is 1.30. The molecule has 3 aromatic carbocycles. The molecule has 0 saturated heterocycles. The highest BCUT2D eigenvalue weighted by Gasteiger charge is 2.37. The van der Waals surface area contributed by atoms with E-state index in [1.165, 1.54) is 50.3 Å². The van der Waals surface area contributed by atoms with E-state index in [-0.39, 0.29) is 0 Å². The SMILES string of the molecule is Cc1ccc2c(c1)[Si](C)(C)c1cc(-c3ccc(C)c4nsnc34)ccc1-2. The quantitative estimate of drug-likeness (QED) is 0.450. The Bertz CT molecular complexity index is 1190. The standard InChI is InChI=1S/C22H20N2SSi/c1-13-5-8-17-18-10-7-15(12-20(18)26(3,4)19(17)11-13)16-9-6-14(2)21-22(16)24-25-23-21/h5-12H,1-4H3. The van der Waals surface area contributed by atoms with Gasteiger partial charge in [0, 0.05) is 5.56 Å². The number of hydrogen-bond donors (Lipinski definition) is 0. The van der Waals surface area contributed by atoms with Gasteiger partial charge in [0.15, 0.2) is 0 Å². The van der Waals surface area contributed by atoms with Crippen LogP contribution in [0.15, 0.2) is 48.5 Å². The molecule has 5 rings (SSSR count). The number of hydrogen-bond acceptors (Lipinski definition) is 3. The summed E-state index contributed by atoms with van der Waals surface area (Å²) in [5.41, 5.74) is 9.90. The maximum absolute atomic E-state index is 4.58. The van der Waals surface area contributed by atoms with Gasteiger partial charge in [-0.25, -0.2) is 0 Å². The first-order valence-electron chi connectivity index (χ1n) is 8.95. The molecule has 128 valence electrons. The molecule has 1 aliphatic rings. The Balaban J connectivity index is 1.75. The lowest BCUT2D eigenvalue weighted by atomic mass is 9.98. The number of aryl methyl sites for hydroxylation is 2. The third kappa shape index (κ3) is 2.09. The van der Waals surface area contributed by atoms with E-state index in [0.717, 1.165) is 11.0 Å². The van der Waals surface area contributed by atoms with Gasteiger partial charge in [-0.3, -0.25) is 0 Å². The van der Waals surface area contributed by atoms with Crippen molar-refractivity contribution >= 4 is 41.2 Å². The predicted molar refractivity (Wildman–Crippen MR) is 115 cm³/mol. The van der Waals surface area contributed by atoms with Crippen molar-refractivity contribution in [3.8, 4) is 22.3 Å². The van der Waals surface area contributed by atoms with E-state index >= 15 is 0 Å². The van der Waals surface area contributed by atoms with Crippen LogP contribution in [-0.4, -0.2) is 16.8 Å². The van der Waals surface area contributed by atoms with E-state index in [1.54, 1.807) is 5.19 Å². The normalized spacial score (nSPS) is 14.5. The number of aromatic nitrogens is 2. The summed E-state index contributed by atoms with van der Waals surface area (Å²) in [5, 5.41) is 3.10. The Morgan fingerprint density at radius 3 is 2.19 bits per heavy atom. The highest BCUT2D eigenvalue weighted by molar-refractivity contribution is 7.03. The molecule has 0 aliphatic carbocycles. The Morgan fingerprint density at radius 2 is 1.38 bits per heavy atom. The van der Waals surface area contributed by atoms with E-state index < -0.39 is 8.07 Å². The minimum atomic E-state index is -1.67. The molecule has 0 radical (unpaired) electrons. The van der Waals surface area contributed by atoms with Crippen molar-refractivity contribution in [2.45, 2.75) is 26.9 Å². The van der Waals surface area contributed by atoms with Gasteiger partial charge in [-0.2, -0.15) is 8.75 Å². The number of rotatable bonds is 1. The Kier molecular flexibility index (Phi) is 3.27. The number of benzene rings is 3. The molecular weight excluding hydrogens is 352 g/mol. The van der Waals surface area contributed by atoms with Crippen molar-refractivity contribution in [2.75, 3.05) is 0 Å². The fraction of sp³-hybridized carbons (Fsp3) is 0.182. The van der Waals surface area contributed by atoms with Gasteiger partial charge in [0.2, 0.25) is 0 Å². The van der Waals surface area contributed by atoms with E-state index in [1.807, 2.05) is 0 Å². The molecule has 1 aromatic heterocycles. The van der Waals surface area contributed by atoms with Crippen LogP contribution < -0.4 is 10.4 Å². The zero-order valence-corrected chi connectivity index (χ0v) is 17.2. The van der Waals surface area contributed by atoms with Crippen LogP contribution >= 0.6 is 11.7 Å². The lowest BCUT2D eigenvalue weighted by molar-refractivity contribution is 1.48. The minimum absolute atomic E-state index is 1.03. The van der Waals surface area contributed by atoms with Gasteiger partial charge < -0.3 is 0 Å². The summed E-state index contributed by atoms with van der Waals surface area (Å²) in [6, 6.07) is 18.3. The van der Waals surface area contributed by atoms with Crippen molar-refractivity contribution in [3.05, 3.63) is 59.7 Å². The second kappa shape index (κ2) is 5.35. The first-order valence-corrected chi connectivity index (χ1v) is 12.7. The molecule has 0 unspecified atom stereocenters. The average Bonchev–Trinajstić information content (AvgIpc) is 3.19. The average molecular weight is 373 g/mol. The van der Waals surface area contributed by atoms with Crippen molar-refractivity contribution in [2.24, 2.45) is 0 Å². The summed E-state index contributed by atoms with van der Waals surface area (Å²) in [7, 11) is -1.67. The molecule has 0 N–H and O–H groups in total. The van der Waals surface area contributed by atoms with Gasteiger partial charge in [-0.05, 0) is 46.5 Å². The molecule has 2 heterocycles. The molecule has 2 nitrogen and oxygen atoms in total. The zero-order chi connectivity index (χ0) is 18.1. The molecule has 0 fully saturated rings. The van der Waals surface area contributed by atoms with E-state index in [4.69, 9.17) is 0 Å². The van der Waals surface area contributed by atoms with Gasteiger partial charge in [0.1, 0.15) is 19.1 Å². The molecule has 1 aliphatic heterocycles. The smallest absolute Gasteiger partial charge is 0.113 e. The van der Waals surface area contributed by atoms with Crippen molar-refractivity contribution < 1.29 is 0 Å². The lowest BCUT2D eigenvalue weighted by Gasteiger charge is -2.20. The maximum atomic E-state index is 4.58. The third-order valence-electron chi connectivity index (χ3n) is 5.76. The molecule has 4 aromatic rings. The van der Waals surface area contributed by atoms with Crippen molar-refractivity contribution in [1.82, 2.24) is 8.75 Å². The first kappa shape index (κ1) is 15.9. The molecule has 26 heavy (non-hydrogen) atoms. The Labute approximate surface area is 158 Å². The largest absolute Gasteiger partial charge is 0.173 e. The van der Waals surface area contributed by atoms with Crippen LogP contribution in [0.1, 0.15) is 11.1 Å². The van der Waals surface area contributed by atoms with Crippen LogP contribution in [0.25, 0.3) is 33.3 Å².